The van der Waals surface area contributed by atoms with Crippen molar-refractivity contribution in [1.82, 2.24) is 0 Å². The summed E-state index contributed by atoms with van der Waals surface area (Å²) in [5.74, 6) is 0.358. The summed E-state index contributed by atoms with van der Waals surface area (Å²) in [4.78, 5) is 0. The van der Waals surface area contributed by atoms with E-state index in [9.17, 15) is 8.42 Å². The van der Waals surface area contributed by atoms with E-state index in [2.05, 4.69) is 4.18 Å². The Morgan fingerprint density at radius 2 is 1.60 bits per heavy atom. The Labute approximate surface area is 132 Å². The van der Waals surface area contributed by atoms with Crippen LogP contribution in [0.3, 0.4) is 0 Å². The summed E-state index contributed by atoms with van der Waals surface area (Å²) in [6.45, 7) is 0. The van der Waals surface area contributed by atoms with Crippen LogP contribution in [0.2, 0.25) is 0 Å². The van der Waals surface area contributed by atoms with Gasteiger partial charge in [0.1, 0.15) is 16.7 Å². The minimum atomic E-state index is -2.52. The second-order valence-electron chi connectivity index (χ2n) is 2.76. The Kier molecular flexibility index (Phi) is 5.24. The Bertz CT molecular complexity index is 524. The van der Waals surface area contributed by atoms with E-state index < -0.39 is 11.0 Å². The smallest absolute Gasteiger partial charge is 0.532 e. The summed E-state index contributed by atoms with van der Waals surface area (Å²) in [6.07, 6.45) is 0. The number of hydrogen-bond acceptors (Lipinski definition) is 4. The van der Waals surface area contributed by atoms with Crippen LogP contribution in [0.4, 0.5) is 0 Å². The van der Waals surface area contributed by atoms with Gasteiger partial charge < -0.3 is 12.6 Å². The van der Waals surface area contributed by atoms with Crippen LogP contribution in [0.5, 0.6) is 5.75 Å². The Hall–Kier alpha value is 0.0864. The number of hydrogen-bond donors (Lipinski definition) is 0. The van der Waals surface area contributed by atoms with Gasteiger partial charge in [-0.05, 0) is 11.5 Å². The van der Waals surface area contributed by atoms with Crippen molar-refractivity contribution < 1.29 is 64.0 Å². The topological polar surface area (TPSA) is 43.4 Å². The van der Waals surface area contributed by atoms with Crippen molar-refractivity contribution in [2.75, 3.05) is 0 Å². The second kappa shape index (κ2) is 5.98. The molecule has 3 nitrogen and oxygen atoms in total. The van der Waals surface area contributed by atoms with Crippen molar-refractivity contribution in [2.24, 2.45) is 0 Å². The van der Waals surface area contributed by atoms with Gasteiger partial charge in [-0.2, -0.15) is 0 Å². The molecular formula is C10H7KO3S. The predicted molar refractivity (Wildman–Crippen MR) is 53.3 cm³/mol. The van der Waals surface area contributed by atoms with E-state index in [0.717, 1.165) is 10.8 Å². The number of rotatable bonds is 2. The molecule has 0 aliphatic rings. The molecule has 0 spiro atoms. The molecule has 15 heavy (non-hydrogen) atoms. The van der Waals surface area contributed by atoms with Crippen LogP contribution in [-0.4, -0.2) is 0 Å². The SMILES string of the molecule is O=[S-](=O)Oc1cccc2ccccc12.[K+]. The maximum Gasteiger partial charge on any atom is 1.00 e. The largest absolute Gasteiger partial charge is 1.00 e. The zero-order chi connectivity index (χ0) is 9.97. The normalized spacial score (nSPS) is 9.93. The summed E-state index contributed by atoms with van der Waals surface area (Å²) < 4.78 is 25.4. The Morgan fingerprint density at radius 1 is 0.933 bits per heavy atom. The predicted octanol–water partition coefficient (Wildman–Crippen LogP) is -0.553. The molecule has 0 saturated heterocycles. The molecule has 0 heterocycles. The molecule has 0 aliphatic heterocycles. The van der Waals surface area contributed by atoms with Gasteiger partial charge in [-0.25, -0.2) is 0 Å². The summed E-state index contributed by atoms with van der Waals surface area (Å²) in [6, 6.07) is 12.7. The third-order valence-corrected chi connectivity index (χ3v) is 2.22. The quantitative estimate of drug-likeness (QED) is 0.527. The van der Waals surface area contributed by atoms with Gasteiger partial charge in [0.2, 0.25) is 0 Å². The molecule has 5 heteroatoms. The molecule has 0 fully saturated rings. The van der Waals surface area contributed by atoms with Crippen molar-refractivity contribution >= 4 is 21.8 Å². The number of benzene rings is 2. The average molecular weight is 246 g/mol. The molecule has 0 aliphatic carbocycles. The fourth-order valence-electron chi connectivity index (χ4n) is 1.34. The summed E-state index contributed by atoms with van der Waals surface area (Å²) >= 11 is 0. The van der Waals surface area contributed by atoms with E-state index in [1.54, 1.807) is 12.1 Å². The maximum absolute atomic E-state index is 10.4. The first-order chi connectivity index (χ1) is 6.77. The summed E-state index contributed by atoms with van der Waals surface area (Å²) in [5.41, 5.74) is 0. The molecule has 0 N–H and O–H groups in total. The average Bonchev–Trinajstić information content (AvgIpc) is 2.18. The van der Waals surface area contributed by atoms with Gasteiger partial charge in [-0.15, -0.1) is 0 Å². The fraction of sp³-hybridized carbons (Fsp3) is 0. The summed E-state index contributed by atoms with van der Waals surface area (Å²) in [5, 5.41) is 1.75. The van der Waals surface area contributed by atoms with Crippen LogP contribution in [0.15, 0.2) is 42.5 Å². The van der Waals surface area contributed by atoms with Crippen molar-refractivity contribution in [3.8, 4) is 5.75 Å². The first-order valence-electron chi connectivity index (χ1n) is 4.03. The zero-order valence-electron chi connectivity index (χ0n) is 8.17. The van der Waals surface area contributed by atoms with Gasteiger partial charge in [0.15, 0.2) is 0 Å². The van der Waals surface area contributed by atoms with Gasteiger partial charge in [0.25, 0.3) is 0 Å². The standard InChI is InChI=1S/C10H7O3S.K/c11-14(12)13-10-7-3-5-8-4-1-2-6-9(8)10;/h1-7H;/q-1;+1. The molecule has 72 valence electrons. The Balaban J connectivity index is 0.00000112. The van der Waals surface area contributed by atoms with E-state index in [-0.39, 0.29) is 51.4 Å². The second-order valence-corrected chi connectivity index (χ2v) is 3.34. The fourth-order valence-corrected chi connectivity index (χ4v) is 1.63. The molecule has 2 rings (SSSR count). The van der Waals surface area contributed by atoms with E-state index in [1.165, 1.54) is 0 Å². The third-order valence-electron chi connectivity index (χ3n) is 1.91. The van der Waals surface area contributed by atoms with Crippen LogP contribution in [0.1, 0.15) is 0 Å². The van der Waals surface area contributed by atoms with Crippen molar-refractivity contribution in [1.29, 1.82) is 0 Å². The van der Waals surface area contributed by atoms with E-state index in [1.807, 2.05) is 30.3 Å². The minimum Gasteiger partial charge on any atom is -0.532 e. The monoisotopic (exact) mass is 246 g/mol. The number of fused-ring (bicyclic) bond motifs is 1. The van der Waals surface area contributed by atoms with Crippen LogP contribution in [-0.2, 0) is 19.4 Å². The molecule has 0 radical (unpaired) electrons. The van der Waals surface area contributed by atoms with E-state index >= 15 is 0 Å². The molecule has 0 amide bonds. The summed E-state index contributed by atoms with van der Waals surface area (Å²) in [7, 11) is -2.52. The molecule has 2 aromatic rings. The van der Waals surface area contributed by atoms with E-state index in [0.29, 0.717) is 5.75 Å². The molecule has 0 atom stereocenters. The third kappa shape index (κ3) is 3.27. The zero-order valence-corrected chi connectivity index (χ0v) is 12.1. The molecule has 0 saturated carbocycles. The van der Waals surface area contributed by atoms with Gasteiger partial charge >= 0.3 is 51.4 Å². The van der Waals surface area contributed by atoms with Gasteiger partial charge in [0.05, 0.1) is 0 Å². The van der Waals surface area contributed by atoms with E-state index in [4.69, 9.17) is 0 Å². The van der Waals surface area contributed by atoms with Gasteiger partial charge in [-0.3, -0.25) is 0 Å². The molecule has 0 aromatic heterocycles. The van der Waals surface area contributed by atoms with Crippen LogP contribution < -0.4 is 55.6 Å². The van der Waals surface area contributed by atoms with Crippen LogP contribution >= 0.6 is 0 Å². The molecule has 2 aromatic carbocycles. The van der Waals surface area contributed by atoms with Crippen molar-refractivity contribution in [3.05, 3.63) is 42.5 Å². The van der Waals surface area contributed by atoms with Gasteiger partial charge in [-0.1, -0.05) is 36.4 Å². The van der Waals surface area contributed by atoms with Gasteiger partial charge in [0, 0.05) is 5.39 Å². The van der Waals surface area contributed by atoms with Crippen molar-refractivity contribution in [3.63, 3.8) is 0 Å². The molecule has 0 bridgehead atoms. The Morgan fingerprint density at radius 3 is 2.33 bits per heavy atom. The molecule has 0 unspecified atom stereocenters. The van der Waals surface area contributed by atoms with Crippen molar-refractivity contribution in [2.45, 2.75) is 0 Å². The first kappa shape index (κ1) is 13.2. The maximum atomic E-state index is 10.4. The van der Waals surface area contributed by atoms with Crippen LogP contribution in [0, 0.1) is 0 Å². The minimum absolute atomic E-state index is 0. The first-order valence-corrected chi connectivity index (χ1v) is 5.03. The molecular weight excluding hydrogens is 239 g/mol. The van der Waals surface area contributed by atoms with Crippen LogP contribution in [0.25, 0.3) is 10.8 Å².